The lowest BCUT2D eigenvalue weighted by atomic mass is 9.79. The minimum Gasteiger partial charge on any atom is -0.336 e. The van der Waals surface area contributed by atoms with Crippen LogP contribution in [0.3, 0.4) is 0 Å². The monoisotopic (exact) mass is 512 g/mol. The maximum Gasteiger partial charge on any atom is 0.253 e. The number of H-pyrrole nitrogens is 1. The van der Waals surface area contributed by atoms with E-state index < -0.39 is 0 Å². The minimum atomic E-state index is -0.0887. The average molecular weight is 513 g/mol. The van der Waals surface area contributed by atoms with E-state index in [-0.39, 0.29) is 28.8 Å². The number of carbonyl (C=O) groups is 1. The number of nitrogens with one attached hydrogen (secondary N) is 1. The molecule has 3 aromatic rings. The van der Waals surface area contributed by atoms with Gasteiger partial charge in [0.05, 0.1) is 6.54 Å². The Bertz CT molecular complexity index is 1320. The van der Waals surface area contributed by atoms with E-state index >= 15 is 0 Å². The number of hydrogen-bond donors (Lipinski definition) is 1. The summed E-state index contributed by atoms with van der Waals surface area (Å²) in [6.45, 7) is 5.31. The first-order valence-electron chi connectivity index (χ1n) is 14.4. The van der Waals surface area contributed by atoms with Crippen molar-refractivity contribution in [2.75, 3.05) is 39.8 Å². The number of benzene rings is 2. The summed E-state index contributed by atoms with van der Waals surface area (Å²) in [6, 6.07) is 20.3. The van der Waals surface area contributed by atoms with Gasteiger partial charge in [-0.15, -0.1) is 0 Å². The molecule has 3 aliphatic rings. The molecular formula is C32H40N4O2. The van der Waals surface area contributed by atoms with Gasteiger partial charge in [0.15, 0.2) is 0 Å². The first-order valence-corrected chi connectivity index (χ1v) is 14.4. The van der Waals surface area contributed by atoms with Crippen molar-refractivity contribution in [2.24, 2.45) is 5.92 Å². The van der Waals surface area contributed by atoms with Crippen LogP contribution >= 0.6 is 0 Å². The van der Waals surface area contributed by atoms with Crippen molar-refractivity contribution in [3.8, 4) is 0 Å². The first-order chi connectivity index (χ1) is 18.5. The SMILES string of the molecule is CN1CCN(C2(CN(Cc3cc4ccccc4[nH]c3=O)C(=O)C3CC3c3ccccc3)CCCCC2)CC1. The van der Waals surface area contributed by atoms with Crippen LogP contribution in [-0.4, -0.2) is 70.9 Å². The third-order valence-corrected chi connectivity index (χ3v) is 9.28. The van der Waals surface area contributed by atoms with Gasteiger partial charge in [0.1, 0.15) is 0 Å². The van der Waals surface area contributed by atoms with Gasteiger partial charge in [0, 0.05) is 55.3 Å². The van der Waals surface area contributed by atoms with E-state index in [1.54, 1.807) is 0 Å². The molecule has 2 aliphatic carbocycles. The molecule has 0 radical (unpaired) electrons. The predicted molar refractivity (Wildman–Crippen MR) is 152 cm³/mol. The summed E-state index contributed by atoms with van der Waals surface area (Å²) < 4.78 is 0. The zero-order valence-electron chi connectivity index (χ0n) is 22.6. The molecule has 6 rings (SSSR count). The maximum absolute atomic E-state index is 14.2. The molecule has 38 heavy (non-hydrogen) atoms. The van der Waals surface area contributed by atoms with E-state index in [0.717, 1.165) is 56.3 Å². The van der Waals surface area contributed by atoms with Crippen LogP contribution < -0.4 is 5.56 Å². The number of aromatic nitrogens is 1. The number of likely N-dealkylation sites (N-methyl/N-ethyl adjacent to an activating group) is 1. The molecule has 200 valence electrons. The van der Waals surface area contributed by atoms with Gasteiger partial charge in [-0.25, -0.2) is 0 Å². The normalized spacial score (nSPS) is 23.8. The Kier molecular flexibility index (Phi) is 7.10. The number of fused-ring (bicyclic) bond motifs is 1. The van der Waals surface area contributed by atoms with Crippen molar-refractivity contribution in [3.63, 3.8) is 0 Å². The van der Waals surface area contributed by atoms with Crippen molar-refractivity contribution in [1.82, 2.24) is 19.7 Å². The third kappa shape index (κ3) is 5.16. The van der Waals surface area contributed by atoms with Gasteiger partial charge in [-0.2, -0.15) is 0 Å². The summed E-state index contributed by atoms with van der Waals surface area (Å²) in [5, 5.41) is 1.01. The molecule has 2 aromatic carbocycles. The Balaban J connectivity index is 1.31. The van der Waals surface area contributed by atoms with Crippen LogP contribution in [0.5, 0.6) is 0 Å². The molecule has 6 nitrogen and oxygen atoms in total. The third-order valence-electron chi connectivity index (χ3n) is 9.28. The zero-order chi connectivity index (χ0) is 26.1. The van der Waals surface area contributed by atoms with Gasteiger partial charge in [0.2, 0.25) is 5.91 Å². The van der Waals surface area contributed by atoms with Gasteiger partial charge in [-0.3, -0.25) is 14.5 Å². The number of aromatic amines is 1. The molecule has 1 amide bonds. The lowest BCUT2D eigenvalue weighted by Crippen LogP contribution is -2.62. The lowest BCUT2D eigenvalue weighted by molar-refractivity contribution is -0.136. The Hall–Kier alpha value is -2.96. The molecule has 2 unspecified atom stereocenters. The summed E-state index contributed by atoms with van der Waals surface area (Å²) in [5.41, 5.74) is 2.68. The summed E-state index contributed by atoms with van der Waals surface area (Å²) in [6.07, 6.45) is 6.84. The summed E-state index contributed by atoms with van der Waals surface area (Å²) in [4.78, 5) is 37.6. The highest BCUT2D eigenvalue weighted by Crippen LogP contribution is 2.49. The van der Waals surface area contributed by atoms with E-state index in [2.05, 4.69) is 51.0 Å². The van der Waals surface area contributed by atoms with Crippen molar-refractivity contribution >= 4 is 16.8 Å². The molecular weight excluding hydrogens is 472 g/mol. The van der Waals surface area contributed by atoms with Gasteiger partial charge in [-0.05, 0) is 55.3 Å². The molecule has 2 saturated carbocycles. The Morgan fingerprint density at radius 3 is 2.45 bits per heavy atom. The van der Waals surface area contributed by atoms with Gasteiger partial charge < -0.3 is 14.8 Å². The number of rotatable bonds is 7. The van der Waals surface area contributed by atoms with E-state index in [4.69, 9.17) is 0 Å². The Morgan fingerprint density at radius 1 is 0.974 bits per heavy atom. The number of piperazine rings is 1. The molecule has 1 aromatic heterocycles. The Morgan fingerprint density at radius 2 is 1.68 bits per heavy atom. The van der Waals surface area contributed by atoms with Crippen LogP contribution in [-0.2, 0) is 11.3 Å². The molecule has 2 atom stereocenters. The number of hydrogen-bond acceptors (Lipinski definition) is 4. The number of amides is 1. The fourth-order valence-electron chi connectivity index (χ4n) is 6.92. The van der Waals surface area contributed by atoms with Crippen LogP contribution in [0.4, 0.5) is 0 Å². The van der Waals surface area contributed by atoms with Crippen molar-refractivity contribution < 1.29 is 4.79 Å². The summed E-state index contributed by atoms with van der Waals surface area (Å²) >= 11 is 0. The second-order valence-electron chi connectivity index (χ2n) is 11.8. The molecule has 1 saturated heterocycles. The maximum atomic E-state index is 14.2. The molecule has 1 N–H and O–H groups in total. The highest BCUT2D eigenvalue weighted by molar-refractivity contribution is 5.83. The number of para-hydroxylation sites is 1. The second-order valence-corrected chi connectivity index (χ2v) is 11.8. The molecule has 0 bridgehead atoms. The zero-order valence-corrected chi connectivity index (χ0v) is 22.6. The fraction of sp³-hybridized carbons (Fsp3) is 0.500. The summed E-state index contributed by atoms with van der Waals surface area (Å²) in [7, 11) is 2.20. The van der Waals surface area contributed by atoms with E-state index in [9.17, 15) is 9.59 Å². The fourth-order valence-corrected chi connectivity index (χ4v) is 6.92. The van der Waals surface area contributed by atoms with Crippen LogP contribution in [0.2, 0.25) is 0 Å². The van der Waals surface area contributed by atoms with Crippen molar-refractivity contribution in [3.05, 3.63) is 82.1 Å². The standard InChI is InChI=1S/C32H40N4O2/c1-34-16-18-36(19-17-34)32(14-8-3-9-15-32)23-35(31(38)28-21-27(28)24-10-4-2-5-11-24)22-26-20-25-12-6-7-13-29(25)33-30(26)37/h2,4-7,10-13,20,27-28H,3,8-9,14-19,21-23H2,1H3,(H,33,37). The van der Waals surface area contributed by atoms with Crippen LogP contribution in [0.15, 0.2) is 65.5 Å². The quantitative estimate of drug-likeness (QED) is 0.502. The van der Waals surface area contributed by atoms with Crippen LogP contribution in [0.25, 0.3) is 10.9 Å². The predicted octanol–water partition coefficient (Wildman–Crippen LogP) is 4.61. The van der Waals surface area contributed by atoms with E-state index in [0.29, 0.717) is 18.7 Å². The van der Waals surface area contributed by atoms with Crippen molar-refractivity contribution in [1.29, 1.82) is 0 Å². The average Bonchev–Trinajstić information content (AvgIpc) is 3.75. The number of pyridine rings is 1. The van der Waals surface area contributed by atoms with Crippen LogP contribution in [0, 0.1) is 5.92 Å². The highest BCUT2D eigenvalue weighted by atomic mass is 16.2. The number of nitrogens with zero attached hydrogens (tertiary/aromatic N) is 3. The molecule has 0 spiro atoms. The molecule has 3 fully saturated rings. The molecule has 2 heterocycles. The lowest BCUT2D eigenvalue weighted by Gasteiger charge is -2.51. The molecule has 6 heteroatoms. The largest absolute Gasteiger partial charge is 0.336 e. The van der Waals surface area contributed by atoms with Gasteiger partial charge >= 0.3 is 0 Å². The van der Waals surface area contributed by atoms with Crippen molar-refractivity contribution in [2.45, 2.75) is 56.5 Å². The van der Waals surface area contributed by atoms with Gasteiger partial charge in [-0.1, -0.05) is 67.8 Å². The van der Waals surface area contributed by atoms with E-state index in [1.807, 2.05) is 36.4 Å². The topological polar surface area (TPSA) is 59.6 Å². The highest BCUT2D eigenvalue weighted by Gasteiger charge is 2.48. The summed E-state index contributed by atoms with van der Waals surface area (Å²) in [5.74, 6) is 0.502. The second kappa shape index (κ2) is 10.7. The molecule has 1 aliphatic heterocycles. The number of carbonyl (C=O) groups excluding carboxylic acids is 1. The van der Waals surface area contributed by atoms with Crippen LogP contribution in [0.1, 0.15) is 55.6 Å². The Labute approximate surface area is 225 Å². The first kappa shape index (κ1) is 25.3. The minimum absolute atomic E-state index is 0.00405. The smallest absolute Gasteiger partial charge is 0.253 e. The van der Waals surface area contributed by atoms with E-state index in [1.165, 1.54) is 24.8 Å². The van der Waals surface area contributed by atoms with Gasteiger partial charge in [0.25, 0.3) is 5.56 Å².